The van der Waals surface area contributed by atoms with Gasteiger partial charge in [0.25, 0.3) is 0 Å². The monoisotopic (exact) mass is 448 g/mol. The number of nitrogens with zero attached hydrogens (tertiary/aromatic N) is 4. The van der Waals surface area contributed by atoms with Crippen LogP contribution in [-0.2, 0) is 24.3 Å². The van der Waals surface area contributed by atoms with Crippen molar-refractivity contribution in [2.75, 3.05) is 52.5 Å². The molecule has 0 aromatic heterocycles. The molecule has 0 N–H and O–H groups in total. The third-order valence-corrected chi connectivity index (χ3v) is 8.14. The zero-order valence-corrected chi connectivity index (χ0v) is 18.3. The Labute approximate surface area is 183 Å². The number of likely N-dealkylation sites (tertiary alicyclic amines) is 1. The number of carbonyl (C=O) groups excluding carboxylic acids is 1. The molecule has 0 bridgehead atoms. The number of carbonyl (C=O) groups is 1. The first-order valence-corrected chi connectivity index (χ1v) is 12.2. The van der Waals surface area contributed by atoms with E-state index in [0.717, 1.165) is 25.8 Å². The summed E-state index contributed by atoms with van der Waals surface area (Å²) in [6.07, 6.45) is 2.82. The Balaban J connectivity index is 1.36. The largest absolute Gasteiger partial charge is 0.349 e. The number of piperidine rings is 1. The molecule has 9 nitrogen and oxygen atoms in total. The first kappa shape index (κ1) is 22.2. The molecule has 3 heterocycles. The van der Waals surface area contributed by atoms with E-state index in [2.05, 4.69) is 4.90 Å². The molecule has 3 aliphatic heterocycles. The van der Waals surface area contributed by atoms with Gasteiger partial charge in [-0.1, -0.05) is 18.6 Å². The Kier molecular flexibility index (Phi) is 6.89. The minimum atomic E-state index is -3.77. The lowest BCUT2D eigenvalue weighted by atomic mass is 10.0. The molecule has 4 rings (SSSR count). The molecule has 31 heavy (non-hydrogen) atoms. The number of nitriles is 1. The molecule has 1 amide bonds. The molecule has 1 unspecified atom stereocenters. The average Bonchev–Trinajstić information content (AvgIpc) is 3.34. The van der Waals surface area contributed by atoms with Gasteiger partial charge in [-0.05, 0) is 31.5 Å². The zero-order chi connectivity index (χ0) is 21.8. The van der Waals surface area contributed by atoms with Gasteiger partial charge in [-0.25, -0.2) is 8.42 Å². The second-order valence-electron chi connectivity index (χ2n) is 8.04. The van der Waals surface area contributed by atoms with Crippen molar-refractivity contribution < 1.29 is 22.7 Å². The van der Waals surface area contributed by atoms with E-state index in [1.54, 1.807) is 17.0 Å². The fourth-order valence-electron chi connectivity index (χ4n) is 4.49. The van der Waals surface area contributed by atoms with Crippen LogP contribution in [0.25, 0.3) is 0 Å². The molecule has 3 aliphatic rings. The van der Waals surface area contributed by atoms with Crippen LogP contribution in [0.3, 0.4) is 0 Å². The molecule has 0 saturated carbocycles. The van der Waals surface area contributed by atoms with E-state index < -0.39 is 10.0 Å². The smallest absolute Gasteiger partial charge is 0.244 e. The molecule has 1 aromatic rings. The Morgan fingerprint density at radius 3 is 2.48 bits per heavy atom. The number of ether oxygens (including phenoxy) is 2. The Morgan fingerprint density at radius 1 is 1.06 bits per heavy atom. The van der Waals surface area contributed by atoms with Crippen molar-refractivity contribution >= 4 is 15.9 Å². The van der Waals surface area contributed by atoms with Gasteiger partial charge in [-0.2, -0.15) is 9.57 Å². The first-order chi connectivity index (χ1) is 15.0. The lowest BCUT2D eigenvalue weighted by Gasteiger charge is -2.39. The normalized spacial score (nSPS) is 24.2. The number of sulfonamides is 1. The Morgan fingerprint density at radius 2 is 1.77 bits per heavy atom. The molecule has 3 saturated heterocycles. The van der Waals surface area contributed by atoms with E-state index >= 15 is 0 Å². The second kappa shape index (κ2) is 9.63. The SMILES string of the molecule is N#Cc1ccccc1S(=O)(=O)N1CCN(C(=O)CN2CCCCC2C2OCCO2)CC1. The highest BCUT2D eigenvalue weighted by molar-refractivity contribution is 7.89. The van der Waals surface area contributed by atoms with Crippen LogP contribution in [-0.4, -0.2) is 93.2 Å². The van der Waals surface area contributed by atoms with Gasteiger partial charge in [0.2, 0.25) is 15.9 Å². The molecule has 1 atom stereocenters. The number of amides is 1. The van der Waals surface area contributed by atoms with Crippen molar-refractivity contribution in [3.05, 3.63) is 29.8 Å². The lowest BCUT2D eigenvalue weighted by molar-refractivity contribution is -0.140. The van der Waals surface area contributed by atoms with E-state index in [0.29, 0.717) is 26.3 Å². The van der Waals surface area contributed by atoms with Gasteiger partial charge in [0.1, 0.15) is 6.07 Å². The fourth-order valence-corrected chi connectivity index (χ4v) is 6.06. The van der Waals surface area contributed by atoms with E-state index in [1.807, 2.05) is 6.07 Å². The minimum Gasteiger partial charge on any atom is -0.349 e. The molecule has 0 radical (unpaired) electrons. The summed E-state index contributed by atoms with van der Waals surface area (Å²) >= 11 is 0. The van der Waals surface area contributed by atoms with Gasteiger partial charge in [-0.15, -0.1) is 0 Å². The van der Waals surface area contributed by atoms with E-state index in [-0.39, 0.29) is 48.3 Å². The summed E-state index contributed by atoms with van der Waals surface area (Å²) in [7, 11) is -3.77. The van der Waals surface area contributed by atoms with Gasteiger partial charge in [0.15, 0.2) is 6.29 Å². The summed E-state index contributed by atoms with van der Waals surface area (Å²) in [5.41, 5.74) is 0.133. The van der Waals surface area contributed by atoms with Crippen LogP contribution in [0.1, 0.15) is 24.8 Å². The second-order valence-corrected chi connectivity index (χ2v) is 9.94. The molecule has 168 valence electrons. The summed E-state index contributed by atoms with van der Waals surface area (Å²) in [5.74, 6) is -0.000583. The highest BCUT2D eigenvalue weighted by atomic mass is 32.2. The molecular formula is C21H28N4O5S. The van der Waals surface area contributed by atoms with Gasteiger partial charge < -0.3 is 14.4 Å². The van der Waals surface area contributed by atoms with Crippen LogP contribution in [0.5, 0.6) is 0 Å². The maximum absolute atomic E-state index is 13.0. The van der Waals surface area contributed by atoms with Crippen LogP contribution >= 0.6 is 0 Å². The van der Waals surface area contributed by atoms with Crippen LogP contribution in [0, 0.1) is 11.3 Å². The Bertz CT molecular complexity index is 933. The molecule has 0 aliphatic carbocycles. The summed E-state index contributed by atoms with van der Waals surface area (Å²) in [6, 6.07) is 8.24. The van der Waals surface area contributed by atoms with Gasteiger partial charge in [-0.3, -0.25) is 9.69 Å². The standard InChI is InChI=1S/C21H28N4O5S/c22-15-17-5-1-2-7-19(17)31(27,28)25-11-9-23(10-12-25)20(26)16-24-8-4-3-6-18(24)21-29-13-14-30-21/h1-2,5,7,18,21H,3-4,6,8-14,16H2. The number of hydrogen-bond acceptors (Lipinski definition) is 7. The minimum absolute atomic E-state index is 0.000583. The molecule has 0 spiro atoms. The van der Waals surface area contributed by atoms with Crippen molar-refractivity contribution in [1.29, 1.82) is 5.26 Å². The zero-order valence-electron chi connectivity index (χ0n) is 17.5. The third-order valence-electron chi connectivity index (χ3n) is 6.18. The molecule has 10 heteroatoms. The molecular weight excluding hydrogens is 420 g/mol. The van der Waals surface area contributed by atoms with Crippen molar-refractivity contribution in [2.45, 2.75) is 36.5 Å². The van der Waals surface area contributed by atoms with Crippen LogP contribution < -0.4 is 0 Å². The fraction of sp³-hybridized carbons (Fsp3) is 0.619. The Hall–Kier alpha value is -2.03. The van der Waals surface area contributed by atoms with E-state index in [4.69, 9.17) is 9.47 Å². The maximum atomic E-state index is 13.0. The van der Waals surface area contributed by atoms with Crippen LogP contribution in [0.4, 0.5) is 0 Å². The summed E-state index contributed by atoms with van der Waals surface area (Å²) < 4.78 is 38.7. The summed E-state index contributed by atoms with van der Waals surface area (Å²) in [5, 5.41) is 9.24. The first-order valence-electron chi connectivity index (χ1n) is 10.7. The molecule has 1 aromatic carbocycles. The predicted octanol–water partition coefficient (Wildman–Crippen LogP) is 0.619. The highest BCUT2D eigenvalue weighted by Gasteiger charge is 2.36. The van der Waals surface area contributed by atoms with E-state index in [9.17, 15) is 18.5 Å². The summed E-state index contributed by atoms with van der Waals surface area (Å²) in [6.45, 7) is 3.40. The third kappa shape index (κ3) is 4.76. The number of benzene rings is 1. The average molecular weight is 449 g/mol. The number of rotatable bonds is 5. The van der Waals surface area contributed by atoms with Crippen LogP contribution in [0.15, 0.2) is 29.2 Å². The summed E-state index contributed by atoms with van der Waals surface area (Å²) in [4.78, 5) is 16.8. The predicted molar refractivity (Wildman–Crippen MR) is 111 cm³/mol. The van der Waals surface area contributed by atoms with Crippen molar-refractivity contribution in [3.63, 3.8) is 0 Å². The van der Waals surface area contributed by atoms with Crippen LogP contribution in [0.2, 0.25) is 0 Å². The van der Waals surface area contributed by atoms with E-state index in [1.165, 1.54) is 16.4 Å². The van der Waals surface area contributed by atoms with Gasteiger partial charge >= 0.3 is 0 Å². The van der Waals surface area contributed by atoms with Crippen molar-refractivity contribution in [3.8, 4) is 6.07 Å². The highest BCUT2D eigenvalue weighted by Crippen LogP contribution is 2.25. The molecule has 3 fully saturated rings. The van der Waals surface area contributed by atoms with Crippen molar-refractivity contribution in [2.24, 2.45) is 0 Å². The van der Waals surface area contributed by atoms with Gasteiger partial charge in [0, 0.05) is 26.2 Å². The number of piperazine rings is 1. The maximum Gasteiger partial charge on any atom is 0.244 e. The lowest BCUT2D eigenvalue weighted by Crippen LogP contribution is -2.55. The topological polar surface area (TPSA) is 103 Å². The number of hydrogen-bond donors (Lipinski definition) is 0. The quantitative estimate of drug-likeness (QED) is 0.650. The van der Waals surface area contributed by atoms with Crippen molar-refractivity contribution in [1.82, 2.24) is 14.1 Å². The van der Waals surface area contributed by atoms with Gasteiger partial charge in [0.05, 0.1) is 36.3 Å².